The lowest BCUT2D eigenvalue weighted by atomic mass is 10.1. The molecule has 0 rings (SSSR count). The van der Waals surface area contributed by atoms with Crippen molar-refractivity contribution in [3.8, 4) is 0 Å². The molecule has 0 aromatic rings. The van der Waals surface area contributed by atoms with Gasteiger partial charge in [0.15, 0.2) is 0 Å². The maximum absolute atomic E-state index is 10.5. The second-order valence-corrected chi connectivity index (χ2v) is 3.51. The van der Waals surface area contributed by atoms with Crippen LogP contribution in [0.4, 0.5) is 9.59 Å². The van der Waals surface area contributed by atoms with Gasteiger partial charge in [-0.2, -0.15) is 0 Å². The molecule has 0 atom stereocenters. The molecule has 0 saturated carbocycles. The van der Waals surface area contributed by atoms with Gasteiger partial charge in [0.2, 0.25) is 0 Å². The van der Waals surface area contributed by atoms with Crippen molar-refractivity contribution in [2.75, 3.05) is 0 Å². The van der Waals surface area contributed by atoms with E-state index in [4.69, 9.17) is 11.5 Å². The Morgan fingerprint density at radius 2 is 1.50 bits per heavy atom. The minimum atomic E-state index is -0.972. The molecule has 0 aromatic heterocycles. The second-order valence-electron chi connectivity index (χ2n) is 3.51. The number of unbranched alkanes of at least 4 members (excludes halogenated alkanes) is 4. The monoisotopic (exact) mass is 232 g/mol. The van der Waals surface area contributed by atoms with Crippen molar-refractivity contribution in [2.24, 2.45) is 11.5 Å². The van der Waals surface area contributed by atoms with E-state index < -0.39 is 18.5 Å². The molecule has 0 aliphatic carbocycles. The molecule has 6 nitrogen and oxygen atoms in total. The van der Waals surface area contributed by atoms with E-state index in [2.05, 4.69) is 16.4 Å². The predicted octanol–water partition coefficient (Wildman–Crippen LogP) is 1.86. The highest BCUT2D eigenvalue weighted by molar-refractivity contribution is 5.66. The van der Waals surface area contributed by atoms with Crippen molar-refractivity contribution in [1.82, 2.24) is 0 Å². The molecule has 0 unspecified atom stereocenters. The lowest BCUT2D eigenvalue weighted by Gasteiger charge is -2.15. The molecule has 2 amide bonds. The fourth-order valence-electron chi connectivity index (χ4n) is 1.32. The molecule has 4 N–H and O–H groups in total. The third-order valence-corrected chi connectivity index (χ3v) is 2.04. The van der Waals surface area contributed by atoms with Gasteiger partial charge >= 0.3 is 12.2 Å². The Morgan fingerprint density at radius 1 is 1.00 bits per heavy atom. The van der Waals surface area contributed by atoms with E-state index in [0.717, 1.165) is 32.1 Å². The van der Waals surface area contributed by atoms with Crippen LogP contribution in [-0.2, 0) is 9.47 Å². The highest BCUT2D eigenvalue weighted by Gasteiger charge is 2.15. The summed E-state index contributed by atoms with van der Waals surface area (Å²) in [6, 6.07) is 0. The first-order valence-electron chi connectivity index (χ1n) is 5.48. The molecule has 16 heavy (non-hydrogen) atoms. The van der Waals surface area contributed by atoms with Crippen LogP contribution >= 0.6 is 0 Å². The first kappa shape index (κ1) is 14.5. The van der Waals surface area contributed by atoms with Crippen LogP contribution in [0.15, 0.2) is 0 Å². The van der Waals surface area contributed by atoms with Crippen LogP contribution in [0.2, 0.25) is 0 Å². The Labute approximate surface area is 95.3 Å². The first-order chi connectivity index (χ1) is 7.56. The van der Waals surface area contributed by atoms with Crippen molar-refractivity contribution in [3.05, 3.63) is 0 Å². The highest BCUT2D eigenvalue weighted by atomic mass is 16.7. The van der Waals surface area contributed by atoms with Crippen molar-refractivity contribution in [3.63, 3.8) is 0 Å². The summed E-state index contributed by atoms with van der Waals surface area (Å²) in [6.45, 7) is 2.12. The van der Waals surface area contributed by atoms with Crippen LogP contribution < -0.4 is 11.5 Å². The lowest BCUT2D eigenvalue weighted by molar-refractivity contribution is -0.0606. The summed E-state index contributed by atoms with van der Waals surface area (Å²) in [4.78, 5) is 21.0. The average molecular weight is 232 g/mol. The maximum Gasteiger partial charge on any atom is 0.407 e. The zero-order valence-electron chi connectivity index (χ0n) is 9.61. The largest absolute Gasteiger partial charge is 0.409 e. The van der Waals surface area contributed by atoms with Gasteiger partial charge in [-0.05, 0) is 6.42 Å². The second kappa shape index (κ2) is 8.82. The van der Waals surface area contributed by atoms with Crippen molar-refractivity contribution < 1.29 is 19.1 Å². The van der Waals surface area contributed by atoms with E-state index >= 15 is 0 Å². The molecule has 0 spiro atoms. The topological polar surface area (TPSA) is 105 Å². The molecule has 0 bridgehead atoms. The minimum Gasteiger partial charge on any atom is -0.409 e. The van der Waals surface area contributed by atoms with Crippen LogP contribution in [0.5, 0.6) is 0 Å². The molecule has 0 heterocycles. The molecule has 0 fully saturated rings. The summed E-state index contributed by atoms with van der Waals surface area (Å²) in [6.07, 6.45) is 2.74. The Morgan fingerprint density at radius 3 is 1.94 bits per heavy atom. The number of nitrogens with two attached hydrogens (primary N) is 2. The van der Waals surface area contributed by atoms with Gasteiger partial charge < -0.3 is 20.9 Å². The van der Waals surface area contributed by atoms with Crippen molar-refractivity contribution in [2.45, 2.75) is 51.7 Å². The van der Waals surface area contributed by atoms with Crippen LogP contribution in [0, 0.1) is 0 Å². The van der Waals surface area contributed by atoms with Gasteiger partial charge in [0.05, 0.1) is 0 Å². The van der Waals surface area contributed by atoms with E-state index in [0.29, 0.717) is 6.42 Å². The molecular weight excluding hydrogens is 212 g/mol. The quantitative estimate of drug-likeness (QED) is 0.492. The predicted molar refractivity (Wildman–Crippen MR) is 58.5 cm³/mol. The van der Waals surface area contributed by atoms with Gasteiger partial charge in [-0.25, -0.2) is 9.59 Å². The number of amides is 2. The molecule has 6 heteroatoms. The molecule has 0 aromatic carbocycles. The van der Waals surface area contributed by atoms with Gasteiger partial charge in [-0.1, -0.05) is 32.6 Å². The Balaban J connectivity index is 3.73. The van der Waals surface area contributed by atoms with Crippen LogP contribution in [0.25, 0.3) is 0 Å². The minimum absolute atomic E-state index is 0.426. The Bertz CT molecular complexity index is 205. The van der Waals surface area contributed by atoms with E-state index in [-0.39, 0.29) is 0 Å². The van der Waals surface area contributed by atoms with Crippen LogP contribution in [0.3, 0.4) is 0 Å². The molecular formula is C10H20N2O4. The molecule has 0 aliphatic rings. The van der Waals surface area contributed by atoms with Gasteiger partial charge in [0.25, 0.3) is 6.29 Å². The fraction of sp³-hybridized carbons (Fsp3) is 0.800. The zero-order valence-corrected chi connectivity index (χ0v) is 9.61. The van der Waals surface area contributed by atoms with E-state index in [1.54, 1.807) is 0 Å². The summed E-state index contributed by atoms with van der Waals surface area (Å²) in [5, 5.41) is 0. The number of hydrogen-bond donors (Lipinski definition) is 2. The van der Waals surface area contributed by atoms with Gasteiger partial charge in [0.1, 0.15) is 0 Å². The number of carbonyl (C=O) groups excluding carboxylic acids is 2. The number of primary amides is 2. The molecule has 0 radical (unpaired) electrons. The van der Waals surface area contributed by atoms with Gasteiger partial charge in [0, 0.05) is 6.42 Å². The van der Waals surface area contributed by atoms with E-state index in [9.17, 15) is 9.59 Å². The summed E-state index contributed by atoms with van der Waals surface area (Å²) in [5.41, 5.74) is 9.66. The third-order valence-electron chi connectivity index (χ3n) is 2.04. The number of ether oxygens (including phenoxy) is 2. The maximum atomic E-state index is 10.5. The van der Waals surface area contributed by atoms with Crippen molar-refractivity contribution in [1.29, 1.82) is 0 Å². The van der Waals surface area contributed by atoms with E-state index in [1.165, 1.54) is 0 Å². The number of hydrogen-bond acceptors (Lipinski definition) is 4. The van der Waals surface area contributed by atoms with Crippen LogP contribution in [-0.4, -0.2) is 18.5 Å². The molecule has 94 valence electrons. The highest BCUT2D eigenvalue weighted by Crippen LogP contribution is 2.10. The van der Waals surface area contributed by atoms with Crippen molar-refractivity contribution >= 4 is 12.2 Å². The first-order valence-corrected chi connectivity index (χ1v) is 5.48. The summed E-state index contributed by atoms with van der Waals surface area (Å²) < 4.78 is 9.17. The Hall–Kier alpha value is -1.46. The average Bonchev–Trinajstić information content (AvgIpc) is 2.15. The van der Waals surface area contributed by atoms with Gasteiger partial charge in [-0.3, -0.25) is 0 Å². The standard InChI is InChI=1S/C10H20N2O4/c1-2-3-4-5-6-7-8(15-9(11)13)16-10(12)14/h8H,2-7H2,1H3,(H2,11,13)(H2,12,14). The molecule has 0 aliphatic heterocycles. The summed E-state index contributed by atoms with van der Waals surface area (Å²) >= 11 is 0. The summed E-state index contributed by atoms with van der Waals surface area (Å²) in [7, 11) is 0. The zero-order chi connectivity index (χ0) is 12.4. The van der Waals surface area contributed by atoms with E-state index in [1.807, 2.05) is 0 Å². The number of rotatable bonds is 8. The molecule has 0 saturated heterocycles. The number of carbonyl (C=O) groups is 2. The lowest BCUT2D eigenvalue weighted by Crippen LogP contribution is -2.29. The fourth-order valence-corrected chi connectivity index (χ4v) is 1.32. The normalized spacial score (nSPS) is 10.1. The smallest absolute Gasteiger partial charge is 0.407 e. The SMILES string of the molecule is CCCCCCCC(OC(N)=O)OC(N)=O. The van der Waals surface area contributed by atoms with Crippen LogP contribution in [0.1, 0.15) is 45.4 Å². The van der Waals surface area contributed by atoms with Gasteiger partial charge in [-0.15, -0.1) is 0 Å². The third kappa shape index (κ3) is 9.11. The summed E-state index contributed by atoms with van der Waals surface area (Å²) in [5.74, 6) is 0. The Kier molecular flexibility index (Phi) is 8.01.